The molecule has 1 saturated heterocycles. The Morgan fingerprint density at radius 3 is 2.53 bits per heavy atom. The van der Waals surface area contributed by atoms with Gasteiger partial charge in [-0.25, -0.2) is 14.0 Å². The van der Waals surface area contributed by atoms with E-state index >= 15 is 0 Å². The number of amides is 2. The van der Waals surface area contributed by atoms with Gasteiger partial charge in [-0.05, 0) is 29.8 Å². The summed E-state index contributed by atoms with van der Waals surface area (Å²) in [4.78, 5) is 23.6. The molecule has 3 rings (SSSR count). The molecule has 2 aromatic rings. The van der Waals surface area contributed by atoms with E-state index in [1.165, 1.54) is 25.3 Å². The maximum absolute atomic E-state index is 14.7. The van der Waals surface area contributed by atoms with Crippen LogP contribution in [0.4, 0.5) is 14.9 Å². The summed E-state index contributed by atoms with van der Waals surface area (Å²) in [6.45, 7) is -0.658. The first kappa shape index (κ1) is 23.8. The Kier molecular flexibility index (Phi) is 7.28. The molecule has 0 spiro atoms. The molecule has 5 unspecified atom stereocenters. The van der Waals surface area contributed by atoms with Gasteiger partial charge in [-0.15, -0.1) is 11.3 Å². The quantitative estimate of drug-likeness (QED) is 0.316. The van der Waals surface area contributed by atoms with Crippen LogP contribution >= 0.6 is 11.3 Å². The summed E-state index contributed by atoms with van der Waals surface area (Å²) < 4.78 is 29.9. The third-order valence-electron chi connectivity index (χ3n) is 4.67. The van der Waals surface area contributed by atoms with E-state index in [9.17, 15) is 34.4 Å². The molecule has 0 saturated carbocycles. The third-order valence-corrected chi connectivity index (χ3v) is 5.83. The van der Waals surface area contributed by atoms with E-state index < -0.39 is 55.1 Å². The number of aliphatic hydroxyl groups excluding tert-OH is 4. The molecule has 2 amide bonds. The van der Waals surface area contributed by atoms with Crippen LogP contribution in [-0.4, -0.2) is 76.8 Å². The first-order valence-electron chi connectivity index (χ1n) is 9.22. The van der Waals surface area contributed by atoms with Crippen molar-refractivity contribution in [3.8, 4) is 16.2 Å². The van der Waals surface area contributed by atoms with Gasteiger partial charge in [-0.2, -0.15) is 0 Å². The topological polar surface area (TPSA) is 181 Å². The van der Waals surface area contributed by atoms with E-state index in [0.29, 0.717) is 10.4 Å². The number of esters is 1. The fourth-order valence-corrected chi connectivity index (χ4v) is 4.07. The van der Waals surface area contributed by atoms with Crippen LogP contribution in [0.25, 0.3) is 10.4 Å². The van der Waals surface area contributed by atoms with Crippen LogP contribution in [-0.2, 0) is 9.47 Å². The van der Waals surface area contributed by atoms with E-state index in [1.807, 2.05) is 0 Å². The number of primary amides is 1. The molecule has 1 fully saturated rings. The highest BCUT2D eigenvalue weighted by atomic mass is 32.1. The fraction of sp³-hybridized carbons (Fsp3) is 0.368. The minimum absolute atomic E-state index is 0.0587. The van der Waals surface area contributed by atoms with Gasteiger partial charge in [0, 0.05) is 4.88 Å². The van der Waals surface area contributed by atoms with Gasteiger partial charge in [0.2, 0.25) is 6.29 Å². The highest BCUT2D eigenvalue weighted by Crippen LogP contribution is 2.37. The number of urea groups is 1. The van der Waals surface area contributed by atoms with Crippen molar-refractivity contribution in [1.82, 2.24) is 0 Å². The van der Waals surface area contributed by atoms with Crippen molar-refractivity contribution >= 4 is 29.0 Å². The van der Waals surface area contributed by atoms with Gasteiger partial charge in [0.05, 0.1) is 19.4 Å². The van der Waals surface area contributed by atoms with Gasteiger partial charge in [0.1, 0.15) is 29.3 Å². The van der Waals surface area contributed by atoms with Crippen molar-refractivity contribution in [2.24, 2.45) is 5.73 Å². The monoisotopic (exact) mass is 472 g/mol. The molecule has 0 bridgehead atoms. The van der Waals surface area contributed by atoms with E-state index in [2.05, 4.69) is 10.1 Å². The smallest absolute Gasteiger partial charge is 0.350 e. The third kappa shape index (κ3) is 4.82. The molecule has 11 nitrogen and oxygen atoms in total. The molecule has 2 heterocycles. The molecular formula is C19H21FN2O9S. The van der Waals surface area contributed by atoms with Crippen LogP contribution in [0.1, 0.15) is 9.67 Å². The number of carbonyl (C=O) groups excluding carboxylic acids is 2. The van der Waals surface area contributed by atoms with Gasteiger partial charge >= 0.3 is 12.0 Å². The lowest BCUT2D eigenvalue weighted by Crippen LogP contribution is -2.60. The number of halogens is 1. The van der Waals surface area contributed by atoms with E-state index in [-0.39, 0.29) is 16.3 Å². The second-order valence-corrected chi connectivity index (χ2v) is 7.85. The average molecular weight is 472 g/mol. The lowest BCUT2D eigenvalue weighted by Gasteiger charge is -2.39. The van der Waals surface area contributed by atoms with Crippen molar-refractivity contribution in [2.75, 3.05) is 19.0 Å². The maximum atomic E-state index is 14.7. The van der Waals surface area contributed by atoms with E-state index in [4.69, 9.17) is 15.2 Å². The summed E-state index contributed by atoms with van der Waals surface area (Å²) >= 11 is 0.936. The lowest BCUT2D eigenvalue weighted by molar-refractivity contribution is -0.277. The molecular weight excluding hydrogens is 451 g/mol. The number of rotatable bonds is 6. The van der Waals surface area contributed by atoms with Crippen molar-refractivity contribution in [1.29, 1.82) is 0 Å². The molecule has 0 radical (unpaired) electrons. The largest absolute Gasteiger partial charge is 0.465 e. The summed E-state index contributed by atoms with van der Waals surface area (Å²) in [6.07, 6.45) is -7.71. The summed E-state index contributed by atoms with van der Waals surface area (Å²) in [5.41, 5.74) is 5.54. The second kappa shape index (κ2) is 9.77. The summed E-state index contributed by atoms with van der Waals surface area (Å²) in [7, 11) is 1.17. The number of aliphatic hydroxyl groups is 4. The molecule has 7 N–H and O–H groups in total. The maximum Gasteiger partial charge on any atom is 0.350 e. The summed E-state index contributed by atoms with van der Waals surface area (Å²) in [5.74, 6) is -1.91. The van der Waals surface area contributed by atoms with Gasteiger partial charge in [0.25, 0.3) is 0 Å². The minimum atomic E-state index is -1.70. The normalized spacial score (nSPS) is 25.2. The number of carbonyl (C=O) groups is 2. The number of anilines is 1. The number of benzene rings is 1. The highest BCUT2D eigenvalue weighted by molar-refractivity contribution is 7.18. The van der Waals surface area contributed by atoms with Crippen LogP contribution in [0.15, 0.2) is 24.3 Å². The van der Waals surface area contributed by atoms with Crippen LogP contribution < -0.4 is 15.8 Å². The SMILES string of the molecule is COC(=O)c1sc(-c2ccc(OC3OC(CO)C(O)C(O)C3O)c(F)c2)cc1NC(N)=O. The standard InChI is InChI=1S/C19H21FN2O9S/c1-29-17(27)16-9(22-19(21)28)5-12(32-16)7-2-3-10(8(20)4-7)30-18-15(26)14(25)13(24)11(6-23)31-18/h2-5,11,13-15,18,23-26H,6H2,1H3,(H3,21,22,28). The highest BCUT2D eigenvalue weighted by Gasteiger charge is 2.44. The lowest BCUT2D eigenvalue weighted by atomic mass is 9.99. The number of methoxy groups -OCH3 is 1. The number of hydrogen-bond donors (Lipinski definition) is 6. The van der Waals surface area contributed by atoms with E-state index in [0.717, 1.165) is 17.4 Å². The molecule has 13 heteroatoms. The fourth-order valence-electron chi connectivity index (χ4n) is 3.04. The van der Waals surface area contributed by atoms with Crippen molar-refractivity contribution in [3.63, 3.8) is 0 Å². The number of thiophene rings is 1. The zero-order chi connectivity index (χ0) is 23.6. The minimum Gasteiger partial charge on any atom is -0.465 e. The Morgan fingerprint density at radius 2 is 1.94 bits per heavy atom. The number of ether oxygens (including phenoxy) is 3. The Labute approximate surface area is 184 Å². The number of hydrogen-bond acceptors (Lipinski definition) is 10. The van der Waals surface area contributed by atoms with E-state index in [1.54, 1.807) is 0 Å². The van der Waals surface area contributed by atoms with Crippen molar-refractivity contribution in [2.45, 2.75) is 30.7 Å². The van der Waals surface area contributed by atoms with Crippen molar-refractivity contribution < 1.29 is 48.6 Å². The predicted octanol–water partition coefficient (Wildman–Crippen LogP) is 0.0101. The molecule has 0 aliphatic carbocycles. The van der Waals surface area contributed by atoms with Crippen LogP contribution in [0, 0.1) is 5.82 Å². The van der Waals surface area contributed by atoms with Crippen LogP contribution in [0.5, 0.6) is 5.75 Å². The summed E-state index contributed by atoms with van der Waals surface area (Å²) in [5, 5.41) is 41.2. The van der Waals surface area contributed by atoms with Gasteiger partial charge < -0.3 is 45.7 Å². The van der Waals surface area contributed by atoms with Crippen LogP contribution in [0.3, 0.4) is 0 Å². The Balaban J connectivity index is 1.85. The Bertz CT molecular complexity index is 999. The zero-order valence-corrected chi connectivity index (χ0v) is 17.4. The number of nitrogens with two attached hydrogens (primary N) is 1. The molecule has 1 aliphatic heterocycles. The number of nitrogens with one attached hydrogen (secondary N) is 1. The molecule has 1 aromatic heterocycles. The first-order chi connectivity index (χ1) is 15.2. The predicted molar refractivity (Wildman–Crippen MR) is 109 cm³/mol. The van der Waals surface area contributed by atoms with Gasteiger partial charge in [-0.1, -0.05) is 0 Å². The van der Waals surface area contributed by atoms with Gasteiger partial charge in [0.15, 0.2) is 11.6 Å². The van der Waals surface area contributed by atoms with Crippen LogP contribution in [0.2, 0.25) is 0 Å². The Morgan fingerprint density at radius 1 is 1.22 bits per heavy atom. The van der Waals surface area contributed by atoms with Gasteiger partial charge in [-0.3, -0.25) is 0 Å². The average Bonchev–Trinajstić information content (AvgIpc) is 3.17. The Hall–Kier alpha value is -2.81. The molecule has 1 aromatic carbocycles. The zero-order valence-electron chi connectivity index (χ0n) is 16.6. The second-order valence-electron chi connectivity index (χ2n) is 6.79. The van der Waals surface area contributed by atoms with Crippen molar-refractivity contribution in [3.05, 3.63) is 35.0 Å². The first-order valence-corrected chi connectivity index (χ1v) is 10.0. The molecule has 174 valence electrons. The molecule has 1 aliphatic rings. The summed E-state index contributed by atoms with van der Waals surface area (Å²) in [6, 6.07) is 4.29. The molecule has 5 atom stereocenters. The molecule has 32 heavy (non-hydrogen) atoms.